The van der Waals surface area contributed by atoms with Gasteiger partial charge >= 0.3 is 0 Å². The fourth-order valence-corrected chi connectivity index (χ4v) is 3.13. The van der Waals surface area contributed by atoms with Crippen LogP contribution < -0.4 is 4.74 Å². The third-order valence-electron chi connectivity index (χ3n) is 3.03. The van der Waals surface area contributed by atoms with Crippen LogP contribution >= 0.6 is 0 Å². The largest absolute Gasteiger partial charge is 0.495 e. The number of benzene rings is 1. The van der Waals surface area contributed by atoms with Crippen molar-refractivity contribution < 1.29 is 13.2 Å². The molecule has 0 bridgehead atoms. The van der Waals surface area contributed by atoms with E-state index in [4.69, 9.17) is 4.74 Å². The Hall–Kier alpha value is -1.82. The smallest absolute Gasteiger partial charge is 0.286 e. The van der Waals surface area contributed by atoms with Crippen LogP contribution in [-0.4, -0.2) is 24.7 Å². The Kier molecular flexibility index (Phi) is 3.60. The van der Waals surface area contributed by atoms with Gasteiger partial charge in [0.15, 0.2) is 0 Å². The van der Waals surface area contributed by atoms with Gasteiger partial charge in [0.25, 0.3) is 10.0 Å². The Labute approximate surface area is 119 Å². The summed E-state index contributed by atoms with van der Waals surface area (Å²) in [6.45, 7) is 6.08. The quantitative estimate of drug-likeness (QED) is 0.872. The SMILES string of the molecule is COc1ccc(C(C)(C)C)cc1S(=O)(=O)n1cccn1. The molecule has 0 saturated carbocycles. The van der Waals surface area contributed by atoms with E-state index in [9.17, 15) is 8.42 Å². The summed E-state index contributed by atoms with van der Waals surface area (Å²) in [4.78, 5) is 0.121. The average molecular weight is 294 g/mol. The monoisotopic (exact) mass is 294 g/mol. The maximum Gasteiger partial charge on any atom is 0.286 e. The minimum Gasteiger partial charge on any atom is -0.495 e. The zero-order chi connectivity index (χ0) is 15.0. The number of aromatic nitrogens is 2. The molecule has 5 nitrogen and oxygen atoms in total. The summed E-state index contributed by atoms with van der Waals surface area (Å²) in [5.74, 6) is 0.313. The standard InChI is InChI=1S/C14H18N2O3S/c1-14(2,3)11-6-7-12(19-4)13(10-11)20(17,18)16-9-5-8-15-16/h5-10H,1-4H3. The van der Waals surface area contributed by atoms with Gasteiger partial charge in [-0.3, -0.25) is 0 Å². The zero-order valence-corrected chi connectivity index (χ0v) is 12.8. The molecule has 1 heterocycles. The van der Waals surface area contributed by atoms with Crippen LogP contribution in [0.1, 0.15) is 26.3 Å². The van der Waals surface area contributed by atoms with Gasteiger partial charge < -0.3 is 4.74 Å². The Morgan fingerprint density at radius 2 is 1.95 bits per heavy atom. The van der Waals surface area contributed by atoms with Gasteiger partial charge in [-0.2, -0.15) is 17.6 Å². The Balaban J connectivity index is 2.66. The Morgan fingerprint density at radius 3 is 2.45 bits per heavy atom. The zero-order valence-electron chi connectivity index (χ0n) is 12.0. The summed E-state index contributed by atoms with van der Waals surface area (Å²) in [5.41, 5.74) is 0.768. The molecular weight excluding hydrogens is 276 g/mol. The molecule has 0 fully saturated rings. The summed E-state index contributed by atoms with van der Waals surface area (Å²) in [5, 5.41) is 3.80. The molecule has 1 aromatic carbocycles. The fourth-order valence-electron chi connectivity index (χ4n) is 1.84. The molecule has 108 valence electrons. The van der Waals surface area contributed by atoms with E-state index in [-0.39, 0.29) is 10.3 Å². The van der Waals surface area contributed by atoms with Crippen molar-refractivity contribution in [2.45, 2.75) is 31.1 Å². The highest BCUT2D eigenvalue weighted by atomic mass is 32.2. The van der Waals surface area contributed by atoms with Gasteiger partial charge in [0.2, 0.25) is 0 Å². The van der Waals surface area contributed by atoms with E-state index in [1.54, 1.807) is 18.2 Å². The van der Waals surface area contributed by atoms with Crippen LogP contribution in [-0.2, 0) is 15.4 Å². The third-order valence-corrected chi connectivity index (χ3v) is 4.62. The molecule has 2 rings (SSSR count). The molecule has 0 aliphatic heterocycles. The number of methoxy groups -OCH3 is 1. The van der Waals surface area contributed by atoms with Gasteiger partial charge in [0, 0.05) is 6.20 Å². The topological polar surface area (TPSA) is 61.2 Å². The molecule has 0 unspecified atom stereocenters. The first-order valence-electron chi connectivity index (χ1n) is 6.20. The first-order chi connectivity index (χ1) is 9.26. The molecule has 0 atom stereocenters. The Morgan fingerprint density at radius 1 is 1.25 bits per heavy atom. The number of rotatable bonds is 3. The van der Waals surface area contributed by atoms with Gasteiger partial charge in [-0.25, -0.2) is 0 Å². The third kappa shape index (κ3) is 2.56. The summed E-state index contributed by atoms with van der Waals surface area (Å²) >= 11 is 0. The van der Waals surface area contributed by atoms with Crippen molar-refractivity contribution in [1.82, 2.24) is 9.19 Å². The average Bonchev–Trinajstić information content (AvgIpc) is 2.91. The van der Waals surface area contributed by atoms with E-state index in [0.29, 0.717) is 5.75 Å². The first-order valence-corrected chi connectivity index (χ1v) is 7.64. The molecule has 0 aliphatic carbocycles. The van der Waals surface area contributed by atoms with Crippen molar-refractivity contribution in [3.8, 4) is 5.75 Å². The summed E-state index contributed by atoms with van der Waals surface area (Å²) in [7, 11) is -2.29. The van der Waals surface area contributed by atoms with Crippen LogP contribution in [0.5, 0.6) is 5.75 Å². The van der Waals surface area contributed by atoms with Gasteiger partial charge in [0.1, 0.15) is 10.6 Å². The number of hydrogen-bond acceptors (Lipinski definition) is 4. The first kappa shape index (κ1) is 14.6. The molecule has 0 amide bonds. The van der Waals surface area contributed by atoms with Crippen molar-refractivity contribution in [2.75, 3.05) is 7.11 Å². The molecule has 0 aliphatic rings. The second kappa shape index (κ2) is 4.94. The fraction of sp³-hybridized carbons (Fsp3) is 0.357. The van der Waals surface area contributed by atoms with E-state index < -0.39 is 10.0 Å². The molecule has 0 saturated heterocycles. The molecule has 0 radical (unpaired) electrons. The molecule has 6 heteroatoms. The predicted octanol–water partition coefficient (Wildman–Crippen LogP) is 2.43. The highest BCUT2D eigenvalue weighted by Gasteiger charge is 2.25. The van der Waals surface area contributed by atoms with Crippen molar-refractivity contribution in [3.63, 3.8) is 0 Å². The summed E-state index contributed by atoms with van der Waals surface area (Å²) in [6, 6.07) is 6.77. The number of hydrogen-bond donors (Lipinski definition) is 0. The lowest BCUT2D eigenvalue weighted by atomic mass is 9.87. The van der Waals surface area contributed by atoms with Crippen molar-refractivity contribution in [1.29, 1.82) is 0 Å². The van der Waals surface area contributed by atoms with Crippen LogP contribution in [0.2, 0.25) is 0 Å². The molecule has 0 spiro atoms. The highest BCUT2D eigenvalue weighted by Crippen LogP contribution is 2.31. The number of nitrogens with zero attached hydrogens (tertiary/aromatic N) is 2. The van der Waals surface area contributed by atoms with Crippen LogP contribution in [0.4, 0.5) is 0 Å². The van der Waals surface area contributed by atoms with Gasteiger partial charge in [-0.05, 0) is 29.2 Å². The van der Waals surface area contributed by atoms with Gasteiger partial charge in [0.05, 0.1) is 13.3 Å². The van der Waals surface area contributed by atoms with E-state index >= 15 is 0 Å². The van der Waals surface area contributed by atoms with E-state index in [0.717, 1.165) is 9.65 Å². The minimum absolute atomic E-state index is 0.121. The van der Waals surface area contributed by atoms with Crippen molar-refractivity contribution >= 4 is 10.0 Å². The van der Waals surface area contributed by atoms with Crippen molar-refractivity contribution in [2.24, 2.45) is 0 Å². The van der Waals surface area contributed by atoms with E-state index in [1.165, 1.54) is 19.5 Å². The highest BCUT2D eigenvalue weighted by molar-refractivity contribution is 7.90. The lowest BCUT2D eigenvalue weighted by Crippen LogP contribution is -2.17. The van der Waals surface area contributed by atoms with Gasteiger partial charge in [-0.1, -0.05) is 26.8 Å². The maximum atomic E-state index is 12.6. The molecule has 20 heavy (non-hydrogen) atoms. The number of ether oxygens (including phenoxy) is 1. The van der Waals surface area contributed by atoms with E-state index in [2.05, 4.69) is 5.10 Å². The Bertz CT molecular complexity index is 699. The summed E-state index contributed by atoms with van der Waals surface area (Å²) in [6.07, 6.45) is 2.83. The normalized spacial score (nSPS) is 12.4. The minimum atomic E-state index is -3.74. The second-order valence-electron chi connectivity index (χ2n) is 5.50. The molecule has 0 N–H and O–H groups in total. The molecular formula is C14H18N2O3S. The lowest BCUT2D eigenvalue weighted by Gasteiger charge is -2.21. The van der Waals surface area contributed by atoms with Crippen LogP contribution in [0, 0.1) is 0 Å². The maximum absolute atomic E-state index is 12.6. The van der Waals surface area contributed by atoms with Crippen LogP contribution in [0.25, 0.3) is 0 Å². The lowest BCUT2D eigenvalue weighted by molar-refractivity contribution is 0.401. The molecule has 2 aromatic rings. The summed E-state index contributed by atoms with van der Waals surface area (Å²) < 4.78 is 31.3. The van der Waals surface area contributed by atoms with Crippen molar-refractivity contribution in [3.05, 3.63) is 42.2 Å². The molecule has 1 aromatic heterocycles. The van der Waals surface area contributed by atoms with Crippen LogP contribution in [0.15, 0.2) is 41.6 Å². The second-order valence-corrected chi connectivity index (χ2v) is 7.26. The van der Waals surface area contributed by atoms with Crippen LogP contribution in [0.3, 0.4) is 0 Å². The van der Waals surface area contributed by atoms with E-state index in [1.807, 2.05) is 26.8 Å². The van der Waals surface area contributed by atoms with Gasteiger partial charge in [-0.15, -0.1) is 0 Å². The predicted molar refractivity (Wildman–Crippen MR) is 76.5 cm³/mol.